The number of aryl methyl sites for hydroxylation is 3. The zero-order chi connectivity index (χ0) is 12.8. The highest BCUT2D eigenvalue weighted by Crippen LogP contribution is 2.12. The van der Waals surface area contributed by atoms with Crippen LogP contribution in [0.2, 0.25) is 5.02 Å². The van der Waals surface area contributed by atoms with Crippen molar-refractivity contribution in [3.63, 3.8) is 0 Å². The molecule has 2 N–H and O–H groups in total. The Kier molecular flexibility index (Phi) is 4.73. The number of halogens is 1. The molecule has 0 saturated carbocycles. The second-order valence-corrected chi connectivity index (χ2v) is 4.54. The predicted octanol–water partition coefficient (Wildman–Crippen LogP) is 2.40. The van der Waals surface area contributed by atoms with E-state index in [1.165, 1.54) is 5.56 Å². The average Bonchev–Trinajstić information content (AvgIpc) is 2.84. The highest BCUT2D eigenvalue weighted by molar-refractivity contribution is 6.30. The zero-order valence-corrected chi connectivity index (χ0v) is 10.9. The van der Waals surface area contributed by atoms with E-state index in [1.54, 1.807) is 0 Å². The standard InChI is InChI=1S/C13H16ClN3O/c14-11-6-3-10(4-7-11)5-8-13-17-16-12(18-13)2-1-9-15/h3-4,6-7H,1-2,5,8-9,15H2. The SMILES string of the molecule is NCCCc1nnc(CCc2ccc(Cl)cc2)o1. The van der Waals surface area contributed by atoms with Gasteiger partial charge in [-0.2, -0.15) is 0 Å². The molecule has 0 saturated heterocycles. The summed E-state index contributed by atoms with van der Waals surface area (Å²) in [5, 5.41) is 8.76. The third-order valence-electron chi connectivity index (χ3n) is 2.64. The number of benzene rings is 1. The molecular weight excluding hydrogens is 250 g/mol. The van der Waals surface area contributed by atoms with Crippen molar-refractivity contribution in [2.45, 2.75) is 25.7 Å². The summed E-state index contributed by atoms with van der Waals surface area (Å²) in [5.74, 6) is 1.35. The van der Waals surface area contributed by atoms with Crippen LogP contribution in [0.3, 0.4) is 0 Å². The molecule has 0 aliphatic carbocycles. The molecule has 0 aliphatic heterocycles. The molecule has 0 atom stereocenters. The van der Waals surface area contributed by atoms with Crippen LogP contribution >= 0.6 is 11.6 Å². The van der Waals surface area contributed by atoms with E-state index < -0.39 is 0 Å². The van der Waals surface area contributed by atoms with Crippen molar-refractivity contribution >= 4 is 11.6 Å². The number of nitrogens with two attached hydrogens (primary N) is 1. The Hall–Kier alpha value is -1.39. The Balaban J connectivity index is 1.86. The summed E-state index contributed by atoms with van der Waals surface area (Å²) in [6, 6.07) is 7.79. The van der Waals surface area contributed by atoms with Gasteiger partial charge in [-0.15, -0.1) is 10.2 Å². The normalized spacial score (nSPS) is 10.8. The smallest absolute Gasteiger partial charge is 0.216 e. The first-order valence-corrected chi connectivity index (χ1v) is 6.41. The quantitative estimate of drug-likeness (QED) is 0.871. The van der Waals surface area contributed by atoms with Crippen LogP contribution in [0.1, 0.15) is 23.8 Å². The molecule has 0 fully saturated rings. The van der Waals surface area contributed by atoms with Crippen molar-refractivity contribution in [2.75, 3.05) is 6.54 Å². The van der Waals surface area contributed by atoms with Gasteiger partial charge in [0.15, 0.2) is 0 Å². The average molecular weight is 266 g/mol. The largest absolute Gasteiger partial charge is 0.425 e. The van der Waals surface area contributed by atoms with E-state index in [9.17, 15) is 0 Å². The maximum Gasteiger partial charge on any atom is 0.216 e. The Bertz CT molecular complexity index is 481. The highest BCUT2D eigenvalue weighted by atomic mass is 35.5. The van der Waals surface area contributed by atoms with Crippen LogP contribution in [0.4, 0.5) is 0 Å². The van der Waals surface area contributed by atoms with Crippen LogP contribution in [-0.4, -0.2) is 16.7 Å². The summed E-state index contributed by atoms with van der Waals surface area (Å²) in [5.41, 5.74) is 6.64. The van der Waals surface area contributed by atoms with Crippen LogP contribution < -0.4 is 5.73 Å². The predicted molar refractivity (Wildman–Crippen MR) is 70.5 cm³/mol. The van der Waals surface area contributed by atoms with Gasteiger partial charge in [-0.05, 0) is 37.1 Å². The maximum atomic E-state index is 5.83. The molecule has 4 nitrogen and oxygen atoms in total. The molecule has 2 rings (SSSR count). The van der Waals surface area contributed by atoms with E-state index in [-0.39, 0.29) is 0 Å². The van der Waals surface area contributed by atoms with Gasteiger partial charge in [0.05, 0.1) is 0 Å². The lowest BCUT2D eigenvalue weighted by molar-refractivity contribution is 0.444. The van der Waals surface area contributed by atoms with Crippen molar-refractivity contribution in [1.82, 2.24) is 10.2 Å². The lowest BCUT2D eigenvalue weighted by atomic mass is 10.1. The number of hydrogen-bond acceptors (Lipinski definition) is 4. The summed E-state index contributed by atoms with van der Waals surface area (Å²) in [7, 11) is 0. The molecule has 5 heteroatoms. The lowest BCUT2D eigenvalue weighted by Crippen LogP contribution is -2.00. The first-order chi connectivity index (χ1) is 8.78. The second-order valence-electron chi connectivity index (χ2n) is 4.11. The van der Waals surface area contributed by atoms with E-state index in [1.807, 2.05) is 24.3 Å². The molecule has 0 amide bonds. The first kappa shape index (κ1) is 13.1. The molecule has 18 heavy (non-hydrogen) atoms. The van der Waals surface area contributed by atoms with E-state index >= 15 is 0 Å². The monoisotopic (exact) mass is 265 g/mol. The van der Waals surface area contributed by atoms with Gasteiger partial charge >= 0.3 is 0 Å². The van der Waals surface area contributed by atoms with Crippen molar-refractivity contribution in [3.8, 4) is 0 Å². The van der Waals surface area contributed by atoms with Gasteiger partial charge in [0.25, 0.3) is 0 Å². The van der Waals surface area contributed by atoms with Crippen LogP contribution in [0.5, 0.6) is 0 Å². The van der Waals surface area contributed by atoms with E-state index in [0.717, 1.165) is 30.7 Å². The molecule has 1 heterocycles. The van der Waals surface area contributed by atoms with Gasteiger partial charge < -0.3 is 10.2 Å². The number of aromatic nitrogens is 2. The fourth-order valence-electron chi connectivity index (χ4n) is 1.65. The summed E-state index contributed by atoms with van der Waals surface area (Å²) < 4.78 is 5.53. The van der Waals surface area contributed by atoms with E-state index in [2.05, 4.69) is 10.2 Å². The third kappa shape index (κ3) is 3.82. The zero-order valence-electron chi connectivity index (χ0n) is 10.1. The third-order valence-corrected chi connectivity index (χ3v) is 2.90. The topological polar surface area (TPSA) is 64.9 Å². The van der Waals surface area contributed by atoms with Crippen molar-refractivity contribution in [3.05, 3.63) is 46.6 Å². The molecule has 0 bridgehead atoms. The van der Waals surface area contributed by atoms with Gasteiger partial charge in [0.2, 0.25) is 11.8 Å². The molecule has 0 spiro atoms. The number of nitrogens with zero attached hydrogens (tertiary/aromatic N) is 2. The Morgan fingerprint density at radius 2 is 1.67 bits per heavy atom. The molecule has 96 valence electrons. The Morgan fingerprint density at radius 3 is 2.33 bits per heavy atom. The molecule has 2 aromatic rings. The molecule has 1 aromatic heterocycles. The fraction of sp³-hybridized carbons (Fsp3) is 0.385. The molecule has 0 radical (unpaired) electrons. The minimum atomic E-state index is 0.641. The fourth-order valence-corrected chi connectivity index (χ4v) is 1.77. The minimum absolute atomic E-state index is 0.641. The lowest BCUT2D eigenvalue weighted by Gasteiger charge is -1.98. The second kappa shape index (κ2) is 6.52. The summed E-state index contributed by atoms with van der Waals surface area (Å²) in [6.45, 7) is 0.641. The van der Waals surface area contributed by atoms with Gasteiger partial charge in [0, 0.05) is 17.9 Å². The maximum absolute atomic E-state index is 5.83. The highest BCUT2D eigenvalue weighted by Gasteiger charge is 2.05. The Labute approximate surface area is 111 Å². The van der Waals surface area contributed by atoms with Gasteiger partial charge in [0.1, 0.15) is 0 Å². The van der Waals surface area contributed by atoms with E-state index in [0.29, 0.717) is 18.3 Å². The molecule has 1 aromatic carbocycles. The van der Waals surface area contributed by atoms with Crippen LogP contribution in [0.25, 0.3) is 0 Å². The number of rotatable bonds is 6. The minimum Gasteiger partial charge on any atom is -0.425 e. The summed E-state index contributed by atoms with van der Waals surface area (Å²) in [4.78, 5) is 0. The van der Waals surface area contributed by atoms with Gasteiger partial charge in [-0.1, -0.05) is 23.7 Å². The van der Waals surface area contributed by atoms with Crippen molar-refractivity contribution in [1.29, 1.82) is 0 Å². The van der Waals surface area contributed by atoms with Crippen LogP contribution in [0.15, 0.2) is 28.7 Å². The molecule has 0 unspecified atom stereocenters. The van der Waals surface area contributed by atoms with Crippen molar-refractivity contribution < 1.29 is 4.42 Å². The molecular formula is C13H16ClN3O. The van der Waals surface area contributed by atoms with Crippen LogP contribution in [0, 0.1) is 0 Å². The van der Waals surface area contributed by atoms with Gasteiger partial charge in [-0.25, -0.2) is 0 Å². The van der Waals surface area contributed by atoms with Crippen LogP contribution in [-0.2, 0) is 19.3 Å². The summed E-state index contributed by atoms with van der Waals surface area (Å²) in [6.07, 6.45) is 3.25. The van der Waals surface area contributed by atoms with Gasteiger partial charge in [-0.3, -0.25) is 0 Å². The van der Waals surface area contributed by atoms with Crippen molar-refractivity contribution in [2.24, 2.45) is 5.73 Å². The Morgan fingerprint density at radius 1 is 1.00 bits per heavy atom. The first-order valence-electron chi connectivity index (χ1n) is 6.03. The summed E-state index contributed by atoms with van der Waals surface area (Å²) >= 11 is 5.83. The van der Waals surface area contributed by atoms with E-state index in [4.69, 9.17) is 21.8 Å². The molecule has 0 aliphatic rings. The number of hydrogen-bond donors (Lipinski definition) is 1.